The molecule has 190 valence electrons. The van der Waals surface area contributed by atoms with Crippen LogP contribution in [0.25, 0.3) is 0 Å². The van der Waals surface area contributed by atoms with E-state index in [4.69, 9.17) is 34.4 Å². The molecule has 2 rings (SSSR count). The van der Waals surface area contributed by atoms with Gasteiger partial charge in [0.15, 0.2) is 0 Å². The van der Waals surface area contributed by atoms with Crippen molar-refractivity contribution in [3.63, 3.8) is 0 Å². The van der Waals surface area contributed by atoms with Gasteiger partial charge in [0, 0.05) is 38.7 Å². The number of carboxylic acids is 1. The Bertz CT molecular complexity index is 720. The maximum atomic E-state index is 10.6. The van der Waals surface area contributed by atoms with Crippen LogP contribution < -0.4 is 9.80 Å². The van der Waals surface area contributed by atoms with Crippen LogP contribution in [0.3, 0.4) is 0 Å². The fourth-order valence-electron chi connectivity index (χ4n) is 2.96. The quantitative estimate of drug-likeness (QED) is 0.489. The minimum Gasteiger partial charge on any atom is -0.475 e. The molecule has 0 amide bonds. The fraction of sp³-hybridized carbons (Fsp3) is 0.762. The van der Waals surface area contributed by atoms with Gasteiger partial charge in [-0.25, -0.2) is 14.8 Å². The van der Waals surface area contributed by atoms with Gasteiger partial charge in [-0.05, 0) is 6.42 Å². The summed E-state index contributed by atoms with van der Waals surface area (Å²) in [6.45, 7) is 10.6. The van der Waals surface area contributed by atoms with E-state index < -0.39 is 12.1 Å². The van der Waals surface area contributed by atoms with Crippen molar-refractivity contribution in [3.05, 3.63) is 11.9 Å². The topological polar surface area (TPSA) is 108 Å². The maximum absolute atomic E-state index is 10.6. The predicted octanol–water partition coefficient (Wildman–Crippen LogP) is 2.68. The highest BCUT2D eigenvalue weighted by molar-refractivity contribution is 5.73. The molecule has 1 atom stereocenters. The highest BCUT2D eigenvalue weighted by Gasteiger charge is 2.38. The summed E-state index contributed by atoms with van der Waals surface area (Å²) in [5.74, 6) is 0.253. The SMILES string of the molecule is CCCC1CN(c2cc(N(C)CCOCCO)nc(C(C)C)n2)CCO1.O=C(O)C(F)(F)F. The van der Waals surface area contributed by atoms with E-state index >= 15 is 0 Å². The zero-order chi connectivity index (χ0) is 25.0. The Balaban J connectivity index is 0.000000675. The van der Waals surface area contributed by atoms with Gasteiger partial charge in [-0.15, -0.1) is 0 Å². The molecule has 1 aromatic heterocycles. The van der Waals surface area contributed by atoms with E-state index in [1.54, 1.807) is 0 Å². The summed E-state index contributed by atoms with van der Waals surface area (Å²) in [6, 6.07) is 2.06. The van der Waals surface area contributed by atoms with E-state index in [1.165, 1.54) is 0 Å². The van der Waals surface area contributed by atoms with Gasteiger partial charge in [-0.3, -0.25) is 0 Å². The summed E-state index contributed by atoms with van der Waals surface area (Å²) in [6.07, 6.45) is -2.60. The number of aliphatic carboxylic acids is 1. The minimum atomic E-state index is -5.08. The standard InChI is InChI=1S/C19H34N4O3.C2HF3O2/c1-5-6-16-14-23(8-11-26-16)18-13-17(20-19(21-18)15(2)3)22(4)7-10-25-12-9-24;3-2(4,5)1(6)7/h13,15-16,24H,5-12,14H2,1-4H3;(H,6,7). The molecule has 33 heavy (non-hydrogen) atoms. The number of halogens is 3. The van der Waals surface area contributed by atoms with E-state index in [2.05, 4.69) is 36.6 Å². The minimum absolute atomic E-state index is 0.0504. The van der Waals surface area contributed by atoms with Crippen LogP contribution in [0.15, 0.2) is 6.07 Å². The predicted molar refractivity (Wildman–Crippen MR) is 118 cm³/mol. The lowest BCUT2D eigenvalue weighted by Gasteiger charge is -2.34. The Kier molecular flexibility index (Phi) is 12.4. The van der Waals surface area contributed by atoms with Crippen molar-refractivity contribution >= 4 is 17.6 Å². The molecule has 2 heterocycles. The van der Waals surface area contributed by atoms with E-state index in [-0.39, 0.29) is 18.6 Å². The number of carboxylic acid groups (broad SMARTS) is 1. The number of aliphatic hydroxyl groups excluding tert-OH is 1. The largest absolute Gasteiger partial charge is 0.490 e. The molecule has 0 aliphatic carbocycles. The van der Waals surface area contributed by atoms with Crippen LogP contribution >= 0.6 is 0 Å². The first-order valence-corrected chi connectivity index (χ1v) is 10.9. The van der Waals surface area contributed by atoms with Crippen molar-refractivity contribution in [2.24, 2.45) is 0 Å². The summed E-state index contributed by atoms with van der Waals surface area (Å²) in [5.41, 5.74) is 0. The molecule has 0 spiro atoms. The second kappa shape index (κ2) is 14.2. The highest BCUT2D eigenvalue weighted by Crippen LogP contribution is 2.24. The lowest BCUT2D eigenvalue weighted by atomic mass is 10.1. The summed E-state index contributed by atoms with van der Waals surface area (Å²) < 4.78 is 43.0. The van der Waals surface area contributed by atoms with Crippen molar-refractivity contribution in [3.8, 4) is 0 Å². The van der Waals surface area contributed by atoms with Crippen LogP contribution in [0, 0.1) is 0 Å². The molecule has 2 N–H and O–H groups in total. The van der Waals surface area contributed by atoms with Crippen molar-refractivity contribution in [2.45, 2.75) is 51.8 Å². The molecule has 1 aliphatic rings. The molecule has 0 radical (unpaired) electrons. The monoisotopic (exact) mass is 480 g/mol. The van der Waals surface area contributed by atoms with E-state index in [9.17, 15) is 13.2 Å². The lowest BCUT2D eigenvalue weighted by Crippen LogP contribution is -2.43. The van der Waals surface area contributed by atoms with E-state index in [1.807, 2.05) is 7.05 Å². The lowest BCUT2D eigenvalue weighted by molar-refractivity contribution is -0.192. The molecule has 1 aromatic rings. The Labute approximate surface area is 192 Å². The molecule has 9 nitrogen and oxygen atoms in total. The fourth-order valence-corrected chi connectivity index (χ4v) is 2.96. The molecule has 1 saturated heterocycles. The Morgan fingerprint density at radius 3 is 2.58 bits per heavy atom. The van der Waals surface area contributed by atoms with Gasteiger partial charge in [0.1, 0.15) is 17.5 Å². The number of hydrogen-bond acceptors (Lipinski definition) is 8. The third-order valence-corrected chi connectivity index (χ3v) is 4.75. The number of aromatic nitrogens is 2. The second-order valence-electron chi connectivity index (χ2n) is 7.89. The third kappa shape index (κ3) is 10.5. The number of rotatable bonds is 10. The summed E-state index contributed by atoms with van der Waals surface area (Å²) in [7, 11) is 2.01. The number of carbonyl (C=O) groups is 1. The van der Waals surface area contributed by atoms with E-state index in [0.717, 1.165) is 56.5 Å². The smallest absolute Gasteiger partial charge is 0.475 e. The van der Waals surface area contributed by atoms with Crippen molar-refractivity contribution in [1.29, 1.82) is 0 Å². The average molecular weight is 481 g/mol. The first-order chi connectivity index (χ1) is 15.5. The molecule has 0 saturated carbocycles. The first-order valence-electron chi connectivity index (χ1n) is 10.9. The number of morpholine rings is 1. The normalized spacial score (nSPS) is 16.4. The zero-order valence-electron chi connectivity index (χ0n) is 19.6. The molecule has 1 fully saturated rings. The van der Waals surface area contributed by atoms with Crippen LogP contribution in [0.1, 0.15) is 45.4 Å². The summed E-state index contributed by atoms with van der Waals surface area (Å²) in [5, 5.41) is 15.9. The van der Waals surface area contributed by atoms with Gasteiger partial charge >= 0.3 is 12.1 Å². The zero-order valence-corrected chi connectivity index (χ0v) is 19.6. The van der Waals surface area contributed by atoms with Crippen LogP contribution in [-0.2, 0) is 14.3 Å². The van der Waals surface area contributed by atoms with Crippen LogP contribution in [0.5, 0.6) is 0 Å². The number of alkyl halides is 3. The van der Waals surface area contributed by atoms with Gasteiger partial charge in [-0.2, -0.15) is 13.2 Å². The molecule has 0 aromatic carbocycles. The van der Waals surface area contributed by atoms with E-state index in [0.29, 0.717) is 13.2 Å². The van der Waals surface area contributed by atoms with Crippen molar-refractivity contribution in [2.75, 3.05) is 62.9 Å². The number of aliphatic hydroxyl groups is 1. The summed E-state index contributed by atoms with van der Waals surface area (Å²) in [4.78, 5) is 22.8. The Morgan fingerprint density at radius 2 is 2.03 bits per heavy atom. The molecule has 12 heteroatoms. The third-order valence-electron chi connectivity index (χ3n) is 4.75. The van der Waals surface area contributed by atoms with Crippen LogP contribution in [0.4, 0.5) is 24.8 Å². The van der Waals surface area contributed by atoms with Gasteiger partial charge in [0.2, 0.25) is 0 Å². The maximum Gasteiger partial charge on any atom is 0.490 e. The van der Waals surface area contributed by atoms with Gasteiger partial charge in [0.05, 0.1) is 32.5 Å². The van der Waals surface area contributed by atoms with Crippen LogP contribution in [0.2, 0.25) is 0 Å². The Morgan fingerprint density at radius 1 is 1.36 bits per heavy atom. The number of likely N-dealkylation sites (N-methyl/N-ethyl adjacent to an activating group) is 1. The van der Waals surface area contributed by atoms with Crippen LogP contribution in [-0.4, -0.2) is 91.5 Å². The molecule has 0 bridgehead atoms. The van der Waals surface area contributed by atoms with Gasteiger partial charge < -0.3 is 29.5 Å². The molecular weight excluding hydrogens is 445 g/mol. The first kappa shape index (κ1) is 28.9. The average Bonchev–Trinajstić information content (AvgIpc) is 2.76. The molecule has 1 unspecified atom stereocenters. The summed E-state index contributed by atoms with van der Waals surface area (Å²) >= 11 is 0. The highest BCUT2D eigenvalue weighted by atomic mass is 19.4. The number of nitrogens with zero attached hydrogens (tertiary/aromatic N) is 4. The van der Waals surface area contributed by atoms with Crippen molar-refractivity contribution < 1.29 is 37.7 Å². The molecule has 1 aliphatic heterocycles. The van der Waals surface area contributed by atoms with Gasteiger partial charge in [0.25, 0.3) is 0 Å². The second-order valence-corrected chi connectivity index (χ2v) is 7.89. The van der Waals surface area contributed by atoms with Gasteiger partial charge in [-0.1, -0.05) is 27.2 Å². The number of ether oxygens (including phenoxy) is 2. The number of anilines is 2. The Hall–Kier alpha value is -2.18. The van der Waals surface area contributed by atoms with Crippen molar-refractivity contribution in [1.82, 2.24) is 9.97 Å². The molecular formula is C21H35F3N4O5. The number of hydrogen-bond donors (Lipinski definition) is 2.